The molecule has 3 heterocycles. The summed E-state index contributed by atoms with van der Waals surface area (Å²) in [6.07, 6.45) is 1.78. The second-order valence-corrected chi connectivity index (χ2v) is 11.2. The van der Waals surface area contributed by atoms with Crippen LogP contribution >= 0.6 is 27.3 Å². The Morgan fingerprint density at radius 3 is 2.68 bits per heavy atom. The summed E-state index contributed by atoms with van der Waals surface area (Å²) < 4.78 is 17.6. The van der Waals surface area contributed by atoms with Gasteiger partial charge in [-0.05, 0) is 72.7 Å². The van der Waals surface area contributed by atoms with E-state index < -0.39 is 0 Å². The number of carbonyl (C=O) groups is 2. The lowest BCUT2D eigenvalue weighted by Crippen LogP contribution is -2.45. The Kier molecular flexibility index (Phi) is 8.12. The van der Waals surface area contributed by atoms with Crippen molar-refractivity contribution in [2.24, 2.45) is 0 Å². The maximum Gasteiger partial charge on any atom is 0.254 e. The Labute approximate surface area is 229 Å². The standard InChI is InChI=1S/C28H29BrN2O5S/c1-19-9-11-37-26(19)16-30(14-20-7-8-24-25(12-20)36-18-35-24)27(32)17-31(15-23-6-3-10-34-23)28(33)21-4-2-5-22(29)13-21/h2,4-5,7-9,11-13,23H,3,6,10,14-18H2,1H3/t23-/m0/s1. The normalized spacial score (nSPS) is 16.1. The van der Waals surface area contributed by atoms with Gasteiger partial charge in [0, 0.05) is 34.6 Å². The van der Waals surface area contributed by atoms with Crippen LogP contribution in [0.25, 0.3) is 0 Å². The van der Waals surface area contributed by atoms with Crippen LogP contribution in [-0.4, -0.2) is 54.2 Å². The van der Waals surface area contributed by atoms with Crippen LogP contribution in [0.3, 0.4) is 0 Å². The molecule has 7 nitrogen and oxygen atoms in total. The molecule has 37 heavy (non-hydrogen) atoms. The van der Waals surface area contributed by atoms with Gasteiger partial charge in [-0.1, -0.05) is 28.1 Å². The summed E-state index contributed by atoms with van der Waals surface area (Å²) in [4.78, 5) is 32.0. The first-order valence-corrected chi connectivity index (χ1v) is 14.0. The van der Waals surface area contributed by atoms with Crippen molar-refractivity contribution in [2.45, 2.75) is 39.0 Å². The molecule has 1 atom stereocenters. The first-order chi connectivity index (χ1) is 18.0. The highest BCUT2D eigenvalue weighted by molar-refractivity contribution is 9.10. The van der Waals surface area contributed by atoms with Crippen molar-refractivity contribution in [3.05, 3.63) is 80.0 Å². The van der Waals surface area contributed by atoms with Crippen LogP contribution in [0, 0.1) is 6.92 Å². The van der Waals surface area contributed by atoms with Crippen molar-refractivity contribution < 1.29 is 23.8 Å². The number of rotatable bonds is 9. The molecule has 0 bridgehead atoms. The third-order valence-electron chi connectivity index (χ3n) is 6.60. The monoisotopic (exact) mass is 584 g/mol. The molecule has 1 aromatic heterocycles. The van der Waals surface area contributed by atoms with E-state index in [1.54, 1.807) is 28.4 Å². The molecule has 5 rings (SSSR count). The van der Waals surface area contributed by atoms with E-state index in [1.165, 1.54) is 0 Å². The van der Waals surface area contributed by atoms with E-state index in [0.29, 0.717) is 43.3 Å². The van der Waals surface area contributed by atoms with Crippen LogP contribution < -0.4 is 9.47 Å². The summed E-state index contributed by atoms with van der Waals surface area (Å²) in [7, 11) is 0. The maximum atomic E-state index is 13.8. The smallest absolute Gasteiger partial charge is 0.254 e. The fourth-order valence-corrected chi connectivity index (χ4v) is 5.87. The largest absolute Gasteiger partial charge is 0.454 e. The van der Waals surface area contributed by atoms with Crippen LogP contribution in [0.1, 0.15) is 39.2 Å². The lowest BCUT2D eigenvalue weighted by atomic mass is 10.1. The van der Waals surface area contributed by atoms with Crippen molar-refractivity contribution in [3.8, 4) is 11.5 Å². The lowest BCUT2D eigenvalue weighted by molar-refractivity contribution is -0.133. The van der Waals surface area contributed by atoms with Gasteiger partial charge in [-0.15, -0.1) is 11.3 Å². The Morgan fingerprint density at radius 1 is 1.05 bits per heavy atom. The van der Waals surface area contributed by atoms with E-state index >= 15 is 0 Å². The molecule has 3 aromatic rings. The molecule has 0 N–H and O–H groups in total. The highest BCUT2D eigenvalue weighted by atomic mass is 79.9. The molecule has 2 amide bonds. The van der Waals surface area contributed by atoms with Gasteiger partial charge < -0.3 is 24.0 Å². The van der Waals surface area contributed by atoms with E-state index in [2.05, 4.69) is 28.9 Å². The van der Waals surface area contributed by atoms with Crippen LogP contribution in [0.5, 0.6) is 11.5 Å². The van der Waals surface area contributed by atoms with Gasteiger partial charge in [-0.2, -0.15) is 0 Å². The summed E-state index contributed by atoms with van der Waals surface area (Å²) in [5.41, 5.74) is 2.63. The number of nitrogens with zero attached hydrogens (tertiary/aromatic N) is 2. The first-order valence-electron chi connectivity index (χ1n) is 12.3. The van der Waals surface area contributed by atoms with Gasteiger partial charge in [0.25, 0.3) is 5.91 Å². The molecule has 0 saturated carbocycles. The van der Waals surface area contributed by atoms with Crippen molar-refractivity contribution in [1.82, 2.24) is 9.80 Å². The molecule has 1 fully saturated rings. The van der Waals surface area contributed by atoms with Gasteiger partial charge in [-0.3, -0.25) is 9.59 Å². The number of thiophene rings is 1. The van der Waals surface area contributed by atoms with E-state index in [0.717, 1.165) is 33.3 Å². The van der Waals surface area contributed by atoms with Crippen LogP contribution in [0.15, 0.2) is 58.4 Å². The highest BCUT2D eigenvalue weighted by Crippen LogP contribution is 2.33. The third-order valence-corrected chi connectivity index (χ3v) is 8.10. The average molecular weight is 586 g/mol. The summed E-state index contributed by atoms with van der Waals surface area (Å²) in [5, 5.41) is 2.04. The average Bonchev–Trinajstić information content (AvgIpc) is 3.65. The van der Waals surface area contributed by atoms with Gasteiger partial charge in [0.2, 0.25) is 12.7 Å². The molecule has 1 saturated heterocycles. The zero-order chi connectivity index (χ0) is 25.8. The van der Waals surface area contributed by atoms with E-state index in [-0.39, 0.29) is 31.3 Å². The SMILES string of the molecule is Cc1ccsc1CN(Cc1ccc2c(c1)OCO2)C(=O)CN(C[C@@H]1CCCO1)C(=O)c1cccc(Br)c1. The quantitative estimate of drug-likeness (QED) is 0.337. The van der Waals surface area contributed by atoms with Crippen molar-refractivity contribution in [1.29, 1.82) is 0 Å². The van der Waals surface area contributed by atoms with Crippen LogP contribution in [0.2, 0.25) is 0 Å². The van der Waals surface area contributed by atoms with E-state index in [4.69, 9.17) is 14.2 Å². The zero-order valence-corrected chi connectivity index (χ0v) is 23.1. The number of halogens is 1. The first kappa shape index (κ1) is 25.8. The zero-order valence-electron chi connectivity index (χ0n) is 20.7. The van der Waals surface area contributed by atoms with Gasteiger partial charge >= 0.3 is 0 Å². The minimum atomic E-state index is -0.180. The predicted molar refractivity (Wildman–Crippen MR) is 145 cm³/mol. The summed E-state index contributed by atoms with van der Waals surface area (Å²) in [5.74, 6) is 1.09. The van der Waals surface area contributed by atoms with Gasteiger partial charge in [0.15, 0.2) is 11.5 Å². The second-order valence-electron chi connectivity index (χ2n) is 9.30. The summed E-state index contributed by atoms with van der Waals surface area (Å²) in [6, 6.07) is 15.1. The molecule has 9 heteroatoms. The molecule has 0 radical (unpaired) electrons. The number of hydrogen-bond donors (Lipinski definition) is 0. The topological polar surface area (TPSA) is 68.3 Å². The molecule has 0 aliphatic carbocycles. The van der Waals surface area contributed by atoms with Crippen molar-refractivity contribution in [2.75, 3.05) is 26.5 Å². The Bertz CT molecular complexity index is 1270. The second kappa shape index (κ2) is 11.7. The minimum absolute atomic E-state index is 0.0276. The molecular formula is C28H29BrN2O5S. The Hall–Kier alpha value is -2.88. The Morgan fingerprint density at radius 2 is 1.92 bits per heavy atom. The number of carbonyl (C=O) groups excluding carboxylic acids is 2. The molecule has 194 valence electrons. The van der Waals surface area contributed by atoms with Crippen LogP contribution in [-0.2, 0) is 22.6 Å². The Balaban J connectivity index is 1.38. The van der Waals surface area contributed by atoms with Gasteiger partial charge in [0.05, 0.1) is 12.6 Å². The number of fused-ring (bicyclic) bond motifs is 1. The fraction of sp³-hybridized carbons (Fsp3) is 0.357. The minimum Gasteiger partial charge on any atom is -0.454 e. The summed E-state index contributed by atoms with van der Waals surface area (Å²) in [6.45, 7) is 4.15. The van der Waals surface area contributed by atoms with Crippen molar-refractivity contribution in [3.63, 3.8) is 0 Å². The molecule has 2 aromatic carbocycles. The fourth-order valence-electron chi connectivity index (χ4n) is 4.55. The molecule has 2 aliphatic heterocycles. The van der Waals surface area contributed by atoms with Gasteiger partial charge in [-0.25, -0.2) is 0 Å². The number of amides is 2. The van der Waals surface area contributed by atoms with E-state index in [1.807, 2.05) is 40.6 Å². The number of hydrogen-bond acceptors (Lipinski definition) is 6. The number of ether oxygens (including phenoxy) is 3. The number of benzene rings is 2. The molecular weight excluding hydrogens is 556 g/mol. The molecule has 2 aliphatic rings. The predicted octanol–water partition coefficient (Wildman–Crippen LogP) is 5.40. The summed E-state index contributed by atoms with van der Waals surface area (Å²) >= 11 is 5.08. The van der Waals surface area contributed by atoms with Crippen molar-refractivity contribution >= 4 is 39.1 Å². The third kappa shape index (κ3) is 6.34. The molecule has 0 spiro atoms. The van der Waals surface area contributed by atoms with E-state index in [9.17, 15) is 9.59 Å². The lowest BCUT2D eigenvalue weighted by Gasteiger charge is -2.29. The van der Waals surface area contributed by atoms with Crippen LogP contribution in [0.4, 0.5) is 0 Å². The molecule has 0 unspecified atom stereocenters. The van der Waals surface area contributed by atoms with Gasteiger partial charge in [0.1, 0.15) is 6.54 Å². The maximum absolute atomic E-state index is 13.8. The number of aryl methyl sites for hydroxylation is 1. The highest BCUT2D eigenvalue weighted by Gasteiger charge is 2.28.